The monoisotopic (exact) mass is 412 g/mol. The fourth-order valence-corrected chi connectivity index (χ4v) is 4.47. The predicted molar refractivity (Wildman–Crippen MR) is 123 cm³/mol. The first-order chi connectivity index (χ1) is 15.0. The van der Waals surface area contributed by atoms with Gasteiger partial charge in [0.25, 0.3) is 11.8 Å². The number of carbonyl (C=O) groups excluding carboxylic acids is 2. The third kappa shape index (κ3) is 3.07. The van der Waals surface area contributed by atoms with Crippen molar-refractivity contribution in [3.63, 3.8) is 0 Å². The number of aromatic amines is 1. The Kier molecular flexibility index (Phi) is 4.52. The van der Waals surface area contributed by atoms with Crippen LogP contribution in [0.25, 0.3) is 33.0 Å². The minimum absolute atomic E-state index is 0.360. The van der Waals surface area contributed by atoms with Crippen molar-refractivity contribution in [1.29, 1.82) is 0 Å². The SMILES string of the molecule is Cc1ccc2[nH]cc(C3=C(c4cn(CCCN)c5ccc(C)cc45)C(=O)NC3=O)c2c1. The van der Waals surface area contributed by atoms with Crippen molar-refractivity contribution in [3.8, 4) is 0 Å². The van der Waals surface area contributed by atoms with Crippen molar-refractivity contribution in [2.45, 2.75) is 26.8 Å². The summed E-state index contributed by atoms with van der Waals surface area (Å²) in [5.41, 5.74) is 12.2. The van der Waals surface area contributed by atoms with E-state index in [2.05, 4.69) is 33.1 Å². The van der Waals surface area contributed by atoms with Gasteiger partial charge in [-0.1, -0.05) is 23.3 Å². The normalized spacial score (nSPS) is 14.3. The molecular formula is C25H24N4O2. The Hall–Kier alpha value is -3.64. The molecule has 2 aromatic heterocycles. The third-order valence-corrected chi connectivity index (χ3v) is 5.95. The van der Waals surface area contributed by atoms with Crippen molar-refractivity contribution >= 4 is 44.8 Å². The Morgan fingerprint density at radius 3 is 2.32 bits per heavy atom. The number of hydrogen-bond donors (Lipinski definition) is 3. The number of nitrogens with one attached hydrogen (secondary N) is 2. The molecule has 6 nitrogen and oxygen atoms in total. The second-order valence-electron chi connectivity index (χ2n) is 8.18. The Morgan fingerprint density at radius 1 is 0.903 bits per heavy atom. The Bertz CT molecular complexity index is 1400. The van der Waals surface area contributed by atoms with E-state index < -0.39 is 0 Å². The third-order valence-electron chi connectivity index (χ3n) is 5.95. The van der Waals surface area contributed by atoms with E-state index in [1.54, 1.807) is 0 Å². The van der Waals surface area contributed by atoms with Crippen molar-refractivity contribution in [2.24, 2.45) is 5.73 Å². The number of rotatable bonds is 5. The molecule has 0 unspecified atom stereocenters. The van der Waals surface area contributed by atoms with Crippen LogP contribution in [-0.2, 0) is 16.1 Å². The van der Waals surface area contributed by atoms with Gasteiger partial charge in [0.1, 0.15) is 0 Å². The van der Waals surface area contributed by atoms with Gasteiger partial charge >= 0.3 is 0 Å². The smallest absolute Gasteiger partial charge is 0.259 e. The zero-order chi connectivity index (χ0) is 21.7. The van der Waals surface area contributed by atoms with Gasteiger partial charge in [-0.3, -0.25) is 14.9 Å². The molecule has 3 heterocycles. The van der Waals surface area contributed by atoms with Crippen molar-refractivity contribution in [3.05, 3.63) is 71.0 Å². The van der Waals surface area contributed by atoms with Crippen LogP contribution in [0, 0.1) is 13.8 Å². The summed E-state index contributed by atoms with van der Waals surface area (Å²) in [5.74, 6) is -0.723. The molecule has 2 aromatic carbocycles. The molecule has 4 N–H and O–H groups in total. The van der Waals surface area contributed by atoms with Crippen molar-refractivity contribution < 1.29 is 9.59 Å². The number of aromatic nitrogens is 2. The average molecular weight is 412 g/mol. The Morgan fingerprint density at radius 2 is 1.58 bits per heavy atom. The highest BCUT2D eigenvalue weighted by Crippen LogP contribution is 2.38. The van der Waals surface area contributed by atoms with Gasteiger partial charge in [-0.15, -0.1) is 0 Å². The molecule has 156 valence electrons. The first-order valence-electron chi connectivity index (χ1n) is 10.5. The lowest BCUT2D eigenvalue weighted by atomic mass is 9.95. The van der Waals surface area contributed by atoms with Crippen LogP contribution in [0.15, 0.2) is 48.8 Å². The van der Waals surface area contributed by atoms with Crippen molar-refractivity contribution in [2.75, 3.05) is 6.54 Å². The predicted octanol–water partition coefficient (Wildman–Crippen LogP) is 3.66. The number of amides is 2. The maximum Gasteiger partial charge on any atom is 0.259 e. The Labute approximate surface area is 179 Å². The van der Waals surface area contributed by atoms with E-state index in [1.807, 2.05) is 44.4 Å². The summed E-state index contributed by atoms with van der Waals surface area (Å²) in [5, 5.41) is 4.41. The molecule has 0 saturated heterocycles. The molecule has 2 amide bonds. The minimum atomic E-state index is -0.363. The summed E-state index contributed by atoms with van der Waals surface area (Å²) < 4.78 is 2.12. The lowest BCUT2D eigenvalue weighted by Gasteiger charge is -2.04. The van der Waals surface area contributed by atoms with E-state index in [0.29, 0.717) is 17.7 Å². The quantitative estimate of drug-likeness (QED) is 0.437. The average Bonchev–Trinajstić information content (AvgIpc) is 3.38. The molecule has 1 aliphatic rings. The van der Waals surface area contributed by atoms with E-state index in [-0.39, 0.29) is 11.8 Å². The van der Waals surface area contributed by atoms with Gasteiger partial charge in [0.05, 0.1) is 11.1 Å². The summed E-state index contributed by atoms with van der Waals surface area (Å²) in [6.07, 6.45) is 4.62. The van der Waals surface area contributed by atoms with Crippen LogP contribution < -0.4 is 11.1 Å². The number of nitrogens with zero attached hydrogens (tertiary/aromatic N) is 1. The number of fused-ring (bicyclic) bond motifs is 2. The zero-order valence-electron chi connectivity index (χ0n) is 17.6. The standard InChI is InChI=1S/C25H24N4O2/c1-14-4-6-20-16(10-14)18(12-27-20)22-23(25(31)28-24(22)30)19-13-29(9-3-8-26)21-7-5-15(2)11-17(19)21/h4-7,10-13,27H,3,8-9,26H2,1-2H3,(H,28,30,31). The zero-order valence-corrected chi connectivity index (χ0v) is 17.6. The van der Waals surface area contributed by atoms with Gasteiger partial charge in [-0.25, -0.2) is 0 Å². The van der Waals surface area contributed by atoms with Crippen molar-refractivity contribution in [1.82, 2.24) is 14.9 Å². The number of benzene rings is 2. The fourth-order valence-electron chi connectivity index (χ4n) is 4.47. The van der Waals surface area contributed by atoms with Gasteiger partial charge in [-0.05, 0) is 51.1 Å². The van der Waals surface area contributed by atoms with Crippen LogP contribution in [0.5, 0.6) is 0 Å². The highest BCUT2D eigenvalue weighted by molar-refractivity contribution is 6.50. The minimum Gasteiger partial charge on any atom is -0.361 e. The molecule has 0 spiro atoms. The number of nitrogens with two attached hydrogens (primary N) is 1. The molecule has 0 aliphatic carbocycles. The van der Waals surface area contributed by atoms with Gasteiger partial charge in [0.15, 0.2) is 0 Å². The molecule has 0 atom stereocenters. The van der Waals surface area contributed by atoms with Gasteiger partial charge in [-0.2, -0.15) is 0 Å². The first kappa shape index (κ1) is 19.3. The summed E-state index contributed by atoms with van der Waals surface area (Å²) in [6.45, 7) is 5.38. The molecule has 5 rings (SSSR count). The Balaban J connectivity index is 1.81. The van der Waals surface area contributed by atoms with Gasteiger partial charge in [0, 0.05) is 51.9 Å². The topological polar surface area (TPSA) is 92.9 Å². The first-order valence-corrected chi connectivity index (χ1v) is 10.5. The summed E-state index contributed by atoms with van der Waals surface area (Å²) in [4.78, 5) is 29.2. The molecule has 31 heavy (non-hydrogen) atoms. The molecule has 0 saturated carbocycles. The van der Waals surface area contributed by atoms with E-state index in [1.165, 1.54) is 0 Å². The fraction of sp³-hybridized carbons (Fsp3) is 0.200. The summed E-state index contributed by atoms with van der Waals surface area (Å²) >= 11 is 0. The molecule has 4 aromatic rings. The maximum absolute atomic E-state index is 13.0. The van der Waals surface area contributed by atoms with Crippen LogP contribution in [0.3, 0.4) is 0 Å². The van der Waals surface area contributed by atoms with Crippen LogP contribution >= 0.6 is 0 Å². The number of hydrogen-bond acceptors (Lipinski definition) is 3. The lowest BCUT2D eigenvalue weighted by molar-refractivity contribution is -0.122. The molecular weight excluding hydrogens is 388 g/mol. The van der Waals surface area contributed by atoms with Crippen LogP contribution in [-0.4, -0.2) is 27.9 Å². The number of H-pyrrole nitrogens is 1. The molecule has 0 bridgehead atoms. The highest BCUT2D eigenvalue weighted by Gasteiger charge is 2.35. The summed E-state index contributed by atoms with van der Waals surface area (Å²) in [7, 11) is 0. The van der Waals surface area contributed by atoms with E-state index >= 15 is 0 Å². The second kappa shape index (κ2) is 7.25. The van der Waals surface area contributed by atoms with E-state index in [4.69, 9.17) is 5.73 Å². The van der Waals surface area contributed by atoms with E-state index in [0.717, 1.165) is 57.0 Å². The second-order valence-corrected chi connectivity index (χ2v) is 8.18. The number of carbonyl (C=O) groups is 2. The summed E-state index contributed by atoms with van der Waals surface area (Å²) in [6, 6.07) is 12.2. The van der Waals surface area contributed by atoms with E-state index in [9.17, 15) is 9.59 Å². The molecule has 0 radical (unpaired) electrons. The van der Waals surface area contributed by atoms with Gasteiger partial charge in [0.2, 0.25) is 0 Å². The van der Waals surface area contributed by atoms with Crippen LogP contribution in [0.1, 0.15) is 28.7 Å². The molecule has 6 heteroatoms. The van der Waals surface area contributed by atoms with Crippen LogP contribution in [0.2, 0.25) is 0 Å². The lowest BCUT2D eigenvalue weighted by Crippen LogP contribution is -2.22. The molecule has 1 aliphatic heterocycles. The maximum atomic E-state index is 13.0. The van der Waals surface area contributed by atoms with Gasteiger partial charge < -0.3 is 15.3 Å². The van der Waals surface area contributed by atoms with Crippen LogP contribution in [0.4, 0.5) is 0 Å². The highest BCUT2D eigenvalue weighted by atomic mass is 16.2. The number of aryl methyl sites for hydroxylation is 3. The number of imide groups is 1. The molecule has 0 fully saturated rings. The largest absolute Gasteiger partial charge is 0.361 e.